The Labute approximate surface area is 140 Å². The van der Waals surface area contributed by atoms with Crippen LogP contribution in [0.5, 0.6) is 0 Å². The fourth-order valence-electron chi connectivity index (χ4n) is 2.11. The van der Waals surface area contributed by atoms with Crippen LogP contribution in [0.4, 0.5) is 5.69 Å². The summed E-state index contributed by atoms with van der Waals surface area (Å²) in [6.07, 6.45) is -0.956. The minimum Gasteiger partial charge on any atom is -0.454 e. The summed E-state index contributed by atoms with van der Waals surface area (Å²) in [7, 11) is 0. The Hall–Kier alpha value is -2.95. The Morgan fingerprint density at radius 3 is 2.12 bits per heavy atom. The third-order valence-electron chi connectivity index (χ3n) is 3.35. The molecule has 0 saturated carbocycles. The molecule has 0 aromatic heterocycles. The molecule has 1 N–H and O–H groups in total. The highest BCUT2D eigenvalue weighted by Crippen LogP contribution is 2.09. The standard InChI is InChI=1S/C19H19NO4/c1-14(19(23)15-8-4-2-5-9-15)24-18(22)13-12-17(21)20-16-10-6-3-7-11-16/h2-11,14H,12-13H2,1H3,(H,20,21)/t14-/m0/s1. The van der Waals surface area contributed by atoms with Gasteiger partial charge in [-0.15, -0.1) is 0 Å². The van der Waals surface area contributed by atoms with Crippen molar-refractivity contribution in [3.05, 3.63) is 66.2 Å². The Bertz CT molecular complexity index is 698. The highest BCUT2D eigenvalue weighted by molar-refractivity contribution is 6.00. The van der Waals surface area contributed by atoms with Crippen LogP contribution in [-0.4, -0.2) is 23.8 Å². The number of para-hydroxylation sites is 1. The summed E-state index contributed by atoms with van der Waals surface area (Å²) in [6, 6.07) is 17.6. The number of Topliss-reactive ketones (excluding diaryl/α,β-unsaturated/α-hetero) is 1. The molecule has 0 radical (unpaired) electrons. The quantitative estimate of drug-likeness (QED) is 0.626. The van der Waals surface area contributed by atoms with Crippen molar-refractivity contribution in [3.8, 4) is 0 Å². The second-order valence-corrected chi connectivity index (χ2v) is 5.28. The van der Waals surface area contributed by atoms with Crippen LogP contribution >= 0.6 is 0 Å². The molecule has 0 spiro atoms. The van der Waals surface area contributed by atoms with Crippen molar-refractivity contribution < 1.29 is 19.1 Å². The number of ether oxygens (including phenoxy) is 1. The average molecular weight is 325 g/mol. The molecule has 0 bridgehead atoms. The molecule has 0 heterocycles. The summed E-state index contributed by atoms with van der Waals surface area (Å²) in [5.74, 6) is -1.12. The number of carbonyl (C=O) groups excluding carboxylic acids is 3. The van der Waals surface area contributed by atoms with Gasteiger partial charge in [0.05, 0.1) is 6.42 Å². The van der Waals surface area contributed by atoms with Crippen molar-refractivity contribution in [2.75, 3.05) is 5.32 Å². The maximum absolute atomic E-state index is 12.1. The van der Waals surface area contributed by atoms with Crippen LogP contribution in [0, 0.1) is 0 Å². The molecule has 2 aromatic carbocycles. The Morgan fingerprint density at radius 2 is 1.50 bits per heavy atom. The average Bonchev–Trinajstić information content (AvgIpc) is 2.61. The predicted octanol–water partition coefficient (Wildman–Crippen LogP) is 3.22. The highest BCUT2D eigenvalue weighted by atomic mass is 16.5. The van der Waals surface area contributed by atoms with Gasteiger partial charge >= 0.3 is 5.97 Å². The largest absolute Gasteiger partial charge is 0.454 e. The van der Waals surface area contributed by atoms with Gasteiger partial charge in [-0.25, -0.2) is 0 Å². The van der Waals surface area contributed by atoms with Crippen LogP contribution in [0.2, 0.25) is 0 Å². The Morgan fingerprint density at radius 1 is 0.917 bits per heavy atom. The van der Waals surface area contributed by atoms with E-state index in [9.17, 15) is 14.4 Å². The summed E-state index contributed by atoms with van der Waals surface area (Å²) < 4.78 is 5.10. The smallest absolute Gasteiger partial charge is 0.307 e. The first-order chi connectivity index (χ1) is 11.6. The Kier molecular flexibility index (Phi) is 6.25. The molecule has 0 aliphatic carbocycles. The lowest BCUT2D eigenvalue weighted by Gasteiger charge is -2.12. The van der Waals surface area contributed by atoms with E-state index in [-0.39, 0.29) is 24.5 Å². The van der Waals surface area contributed by atoms with E-state index < -0.39 is 12.1 Å². The molecule has 5 nitrogen and oxygen atoms in total. The van der Waals surface area contributed by atoms with Gasteiger partial charge in [-0.3, -0.25) is 14.4 Å². The van der Waals surface area contributed by atoms with Gasteiger partial charge in [-0.2, -0.15) is 0 Å². The van der Waals surface area contributed by atoms with Crippen molar-refractivity contribution in [2.45, 2.75) is 25.9 Å². The molecular weight excluding hydrogens is 306 g/mol. The lowest BCUT2D eigenvalue weighted by atomic mass is 10.1. The number of carbonyl (C=O) groups is 3. The number of benzene rings is 2. The van der Waals surface area contributed by atoms with Gasteiger partial charge in [0.2, 0.25) is 11.7 Å². The number of esters is 1. The van der Waals surface area contributed by atoms with E-state index in [0.29, 0.717) is 11.3 Å². The molecule has 1 atom stereocenters. The van der Waals surface area contributed by atoms with Gasteiger partial charge < -0.3 is 10.1 Å². The third-order valence-corrected chi connectivity index (χ3v) is 3.35. The van der Waals surface area contributed by atoms with E-state index in [2.05, 4.69) is 5.32 Å². The minimum atomic E-state index is -0.878. The van der Waals surface area contributed by atoms with Crippen molar-refractivity contribution >= 4 is 23.3 Å². The number of amides is 1. The summed E-state index contributed by atoms with van der Waals surface area (Å²) in [6.45, 7) is 1.53. The predicted molar refractivity (Wildman–Crippen MR) is 90.6 cm³/mol. The minimum absolute atomic E-state index is 0.0000247. The Balaban J connectivity index is 1.76. The number of ketones is 1. The van der Waals surface area contributed by atoms with Crippen LogP contribution in [-0.2, 0) is 14.3 Å². The van der Waals surface area contributed by atoms with Crippen molar-refractivity contribution in [1.82, 2.24) is 0 Å². The number of hydrogen-bond acceptors (Lipinski definition) is 4. The SMILES string of the molecule is C[C@H](OC(=O)CCC(=O)Nc1ccccc1)C(=O)c1ccccc1. The number of anilines is 1. The van der Waals surface area contributed by atoms with Crippen LogP contribution in [0.3, 0.4) is 0 Å². The molecule has 5 heteroatoms. The molecule has 0 fully saturated rings. The van der Waals surface area contributed by atoms with Crippen molar-refractivity contribution in [3.63, 3.8) is 0 Å². The second kappa shape index (κ2) is 8.62. The lowest BCUT2D eigenvalue weighted by Crippen LogP contribution is -2.25. The summed E-state index contributed by atoms with van der Waals surface area (Å²) in [5, 5.41) is 2.69. The summed E-state index contributed by atoms with van der Waals surface area (Å²) in [4.78, 5) is 35.7. The molecule has 124 valence electrons. The molecular formula is C19H19NO4. The van der Waals surface area contributed by atoms with Gasteiger partial charge in [0, 0.05) is 17.7 Å². The summed E-state index contributed by atoms with van der Waals surface area (Å²) in [5.41, 5.74) is 1.16. The molecule has 0 aliphatic rings. The van der Waals surface area contributed by atoms with E-state index >= 15 is 0 Å². The molecule has 1 amide bonds. The monoisotopic (exact) mass is 325 g/mol. The molecule has 0 unspecified atom stereocenters. The zero-order valence-corrected chi connectivity index (χ0v) is 13.4. The van der Waals surface area contributed by atoms with Gasteiger partial charge in [0.25, 0.3) is 0 Å². The fraction of sp³-hybridized carbons (Fsp3) is 0.211. The topological polar surface area (TPSA) is 72.5 Å². The molecule has 24 heavy (non-hydrogen) atoms. The first kappa shape index (κ1) is 17.4. The zero-order valence-electron chi connectivity index (χ0n) is 13.4. The number of hydrogen-bond donors (Lipinski definition) is 1. The van der Waals surface area contributed by atoms with E-state index in [1.165, 1.54) is 6.92 Å². The van der Waals surface area contributed by atoms with E-state index in [4.69, 9.17) is 4.74 Å². The summed E-state index contributed by atoms with van der Waals surface area (Å²) >= 11 is 0. The normalized spacial score (nSPS) is 11.4. The first-order valence-corrected chi connectivity index (χ1v) is 7.70. The van der Waals surface area contributed by atoms with Gasteiger partial charge in [0.1, 0.15) is 0 Å². The zero-order chi connectivity index (χ0) is 17.4. The fourth-order valence-corrected chi connectivity index (χ4v) is 2.11. The van der Waals surface area contributed by atoms with Crippen LogP contribution in [0.25, 0.3) is 0 Å². The van der Waals surface area contributed by atoms with Gasteiger partial charge in [0.15, 0.2) is 6.10 Å². The van der Waals surface area contributed by atoms with E-state index in [1.54, 1.807) is 54.6 Å². The molecule has 2 rings (SSSR count). The van der Waals surface area contributed by atoms with Crippen LogP contribution < -0.4 is 5.32 Å². The highest BCUT2D eigenvalue weighted by Gasteiger charge is 2.19. The maximum atomic E-state index is 12.1. The van der Waals surface area contributed by atoms with Gasteiger partial charge in [-0.05, 0) is 19.1 Å². The molecule has 2 aromatic rings. The molecule has 0 aliphatic heterocycles. The van der Waals surface area contributed by atoms with Crippen molar-refractivity contribution in [1.29, 1.82) is 0 Å². The van der Waals surface area contributed by atoms with Crippen molar-refractivity contribution in [2.24, 2.45) is 0 Å². The maximum Gasteiger partial charge on any atom is 0.307 e. The number of rotatable bonds is 7. The van der Waals surface area contributed by atoms with Crippen LogP contribution in [0.15, 0.2) is 60.7 Å². The first-order valence-electron chi connectivity index (χ1n) is 7.70. The van der Waals surface area contributed by atoms with E-state index in [1.807, 2.05) is 6.07 Å². The molecule has 0 saturated heterocycles. The second-order valence-electron chi connectivity index (χ2n) is 5.28. The third kappa shape index (κ3) is 5.35. The van der Waals surface area contributed by atoms with Crippen LogP contribution in [0.1, 0.15) is 30.1 Å². The lowest BCUT2D eigenvalue weighted by molar-refractivity contribution is -0.147. The van der Waals surface area contributed by atoms with Gasteiger partial charge in [-0.1, -0.05) is 48.5 Å². The number of nitrogens with one attached hydrogen (secondary N) is 1. The van der Waals surface area contributed by atoms with E-state index in [0.717, 1.165) is 0 Å².